The second-order valence-corrected chi connectivity index (χ2v) is 3.70. The van der Waals surface area contributed by atoms with E-state index in [0.29, 0.717) is 17.1 Å². The average Bonchev–Trinajstić information content (AvgIpc) is 2.38. The van der Waals surface area contributed by atoms with Crippen molar-refractivity contribution in [3.8, 4) is 5.75 Å². The Kier molecular flexibility index (Phi) is 3.35. The van der Waals surface area contributed by atoms with E-state index in [0.717, 1.165) is 5.69 Å². The van der Waals surface area contributed by atoms with Gasteiger partial charge in [-0.25, -0.2) is 0 Å². The zero-order valence-electron chi connectivity index (χ0n) is 9.79. The van der Waals surface area contributed by atoms with Gasteiger partial charge < -0.3 is 9.84 Å². The molecule has 0 amide bonds. The SMILES string of the molecule is COc1cccnc1C(O)c1cccc(C)n1. The summed E-state index contributed by atoms with van der Waals surface area (Å²) in [7, 11) is 1.55. The summed E-state index contributed by atoms with van der Waals surface area (Å²) in [6.07, 6.45) is 0.752. The zero-order valence-corrected chi connectivity index (χ0v) is 9.79. The van der Waals surface area contributed by atoms with Gasteiger partial charge in [0.25, 0.3) is 0 Å². The number of aliphatic hydroxyl groups is 1. The van der Waals surface area contributed by atoms with Crippen LogP contribution < -0.4 is 4.74 Å². The molecule has 2 aromatic rings. The maximum absolute atomic E-state index is 10.2. The number of hydrogen-bond acceptors (Lipinski definition) is 4. The van der Waals surface area contributed by atoms with Crippen LogP contribution in [0.2, 0.25) is 0 Å². The first-order valence-corrected chi connectivity index (χ1v) is 5.33. The number of aromatic nitrogens is 2. The zero-order chi connectivity index (χ0) is 12.3. The second-order valence-electron chi connectivity index (χ2n) is 3.70. The van der Waals surface area contributed by atoms with Crippen molar-refractivity contribution in [2.75, 3.05) is 7.11 Å². The van der Waals surface area contributed by atoms with Crippen molar-refractivity contribution in [2.45, 2.75) is 13.0 Å². The van der Waals surface area contributed by atoms with Crippen LogP contribution in [0.25, 0.3) is 0 Å². The third-order valence-corrected chi connectivity index (χ3v) is 2.47. The van der Waals surface area contributed by atoms with Crippen LogP contribution in [0, 0.1) is 6.92 Å². The van der Waals surface area contributed by atoms with Crippen LogP contribution in [-0.2, 0) is 0 Å². The fourth-order valence-corrected chi connectivity index (χ4v) is 1.64. The van der Waals surface area contributed by atoms with Crippen molar-refractivity contribution < 1.29 is 9.84 Å². The largest absolute Gasteiger partial charge is 0.495 e. The molecule has 1 atom stereocenters. The van der Waals surface area contributed by atoms with E-state index in [9.17, 15) is 5.11 Å². The van der Waals surface area contributed by atoms with Crippen LogP contribution in [0.5, 0.6) is 5.75 Å². The second kappa shape index (κ2) is 4.93. The number of nitrogens with zero attached hydrogens (tertiary/aromatic N) is 2. The minimum atomic E-state index is -0.869. The number of methoxy groups -OCH3 is 1. The molecule has 2 heterocycles. The third kappa shape index (κ3) is 2.42. The highest BCUT2D eigenvalue weighted by atomic mass is 16.5. The lowest BCUT2D eigenvalue weighted by atomic mass is 10.1. The van der Waals surface area contributed by atoms with Crippen molar-refractivity contribution in [1.29, 1.82) is 0 Å². The predicted molar refractivity (Wildman–Crippen MR) is 63.8 cm³/mol. The first-order chi connectivity index (χ1) is 8.22. The number of hydrogen-bond donors (Lipinski definition) is 1. The van der Waals surface area contributed by atoms with Crippen molar-refractivity contribution in [3.63, 3.8) is 0 Å². The lowest BCUT2D eigenvalue weighted by Crippen LogP contribution is -2.07. The van der Waals surface area contributed by atoms with Crippen LogP contribution in [0.4, 0.5) is 0 Å². The minimum Gasteiger partial charge on any atom is -0.495 e. The monoisotopic (exact) mass is 230 g/mol. The van der Waals surface area contributed by atoms with Crippen molar-refractivity contribution >= 4 is 0 Å². The maximum atomic E-state index is 10.2. The van der Waals surface area contributed by atoms with Gasteiger partial charge in [-0.05, 0) is 31.2 Å². The molecule has 0 aliphatic carbocycles. The quantitative estimate of drug-likeness (QED) is 0.874. The summed E-state index contributed by atoms with van der Waals surface area (Å²) in [6.45, 7) is 1.88. The molecule has 0 saturated heterocycles. The summed E-state index contributed by atoms with van der Waals surface area (Å²) in [6, 6.07) is 9.04. The number of pyridine rings is 2. The van der Waals surface area contributed by atoms with Crippen molar-refractivity contribution in [3.05, 3.63) is 53.6 Å². The Morgan fingerprint density at radius 2 is 2.06 bits per heavy atom. The van der Waals surface area contributed by atoms with Gasteiger partial charge in [-0.2, -0.15) is 0 Å². The Labute approximate surface area is 99.9 Å². The molecule has 0 saturated carbocycles. The third-order valence-electron chi connectivity index (χ3n) is 2.47. The maximum Gasteiger partial charge on any atom is 0.143 e. The average molecular weight is 230 g/mol. The Bertz CT molecular complexity index is 514. The molecule has 1 unspecified atom stereocenters. The number of aliphatic hydroxyl groups excluding tert-OH is 1. The molecule has 0 aliphatic rings. The van der Waals surface area contributed by atoms with E-state index in [2.05, 4.69) is 9.97 Å². The van der Waals surface area contributed by atoms with Gasteiger partial charge in [0.1, 0.15) is 17.5 Å². The van der Waals surface area contributed by atoms with E-state index in [-0.39, 0.29) is 0 Å². The van der Waals surface area contributed by atoms with Crippen LogP contribution in [0.3, 0.4) is 0 Å². The Balaban J connectivity index is 2.40. The van der Waals surface area contributed by atoms with Gasteiger partial charge in [-0.3, -0.25) is 9.97 Å². The molecule has 2 aromatic heterocycles. The topological polar surface area (TPSA) is 55.2 Å². The standard InChI is InChI=1S/C13H14N2O2/c1-9-5-3-6-10(15-9)13(16)12-11(17-2)7-4-8-14-12/h3-8,13,16H,1-2H3. The fraction of sp³-hybridized carbons (Fsp3) is 0.231. The minimum absolute atomic E-state index is 0.480. The van der Waals surface area contributed by atoms with E-state index in [1.54, 1.807) is 31.5 Å². The number of rotatable bonds is 3. The van der Waals surface area contributed by atoms with E-state index >= 15 is 0 Å². The van der Waals surface area contributed by atoms with Gasteiger partial charge in [-0.15, -0.1) is 0 Å². The van der Waals surface area contributed by atoms with Gasteiger partial charge in [0, 0.05) is 11.9 Å². The normalized spacial score (nSPS) is 12.2. The Hall–Kier alpha value is -1.94. The molecule has 0 bridgehead atoms. The molecular formula is C13H14N2O2. The van der Waals surface area contributed by atoms with E-state index in [1.807, 2.05) is 19.1 Å². The highest BCUT2D eigenvalue weighted by molar-refractivity contribution is 5.33. The smallest absolute Gasteiger partial charge is 0.143 e. The van der Waals surface area contributed by atoms with Crippen molar-refractivity contribution in [1.82, 2.24) is 9.97 Å². The molecule has 17 heavy (non-hydrogen) atoms. The summed E-state index contributed by atoms with van der Waals surface area (Å²) >= 11 is 0. The Morgan fingerprint density at radius 1 is 1.24 bits per heavy atom. The highest BCUT2D eigenvalue weighted by Gasteiger charge is 2.17. The van der Waals surface area contributed by atoms with Crippen LogP contribution >= 0.6 is 0 Å². The summed E-state index contributed by atoms with van der Waals surface area (Å²) in [5, 5.41) is 10.2. The molecular weight excluding hydrogens is 216 g/mol. The lowest BCUT2D eigenvalue weighted by molar-refractivity contribution is 0.204. The first-order valence-electron chi connectivity index (χ1n) is 5.33. The van der Waals surface area contributed by atoms with Gasteiger partial charge in [-0.1, -0.05) is 6.07 Å². The summed E-state index contributed by atoms with van der Waals surface area (Å²) in [4.78, 5) is 8.42. The molecule has 2 rings (SSSR count). The molecule has 0 aliphatic heterocycles. The number of aryl methyl sites for hydroxylation is 1. The van der Waals surface area contributed by atoms with Crippen LogP contribution in [0.1, 0.15) is 23.2 Å². The van der Waals surface area contributed by atoms with E-state index in [4.69, 9.17) is 4.74 Å². The summed E-state index contributed by atoms with van der Waals surface area (Å²) in [5.41, 5.74) is 1.91. The summed E-state index contributed by atoms with van der Waals surface area (Å²) < 4.78 is 5.17. The van der Waals surface area contributed by atoms with E-state index < -0.39 is 6.10 Å². The van der Waals surface area contributed by atoms with Gasteiger partial charge in [0.2, 0.25) is 0 Å². The number of ether oxygens (including phenoxy) is 1. The fourth-order valence-electron chi connectivity index (χ4n) is 1.64. The molecule has 88 valence electrons. The van der Waals surface area contributed by atoms with Gasteiger partial charge in [0.15, 0.2) is 0 Å². The predicted octanol–water partition coefficient (Wildman–Crippen LogP) is 1.88. The van der Waals surface area contributed by atoms with Crippen LogP contribution in [0.15, 0.2) is 36.5 Å². The summed E-state index contributed by atoms with van der Waals surface area (Å²) in [5.74, 6) is 0.559. The van der Waals surface area contributed by atoms with Crippen LogP contribution in [-0.4, -0.2) is 22.2 Å². The first kappa shape index (κ1) is 11.5. The van der Waals surface area contributed by atoms with Crippen molar-refractivity contribution in [2.24, 2.45) is 0 Å². The Morgan fingerprint density at radius 3 is 2.76 bits per heavy atom. The van der Waals surface area contributed by atoms with E-state index in [1.165, 1.54) is 0 Å². The molecule has 4 nitrogen and oxygen atoms in total. The van der Waals surface area contributed by atoms with Gasteiger partial charge in [0.05, 0.1) is 12.8 Å². The molecule has 0 spiro atoms. The van der Waals surface area contributed by atoms with Gasteiger partial charge >= 0.3 is 0 Å². The molecule has 4 heteroatoms. The highest BCUT2D eigenvalue weighted by Crippen LogP contribution is 2.26. The lowest BCUT2D eigenvalue weighted by Gasteiger charge is -2.13. The molecule has 0 fully saturated rings. The molecule has 0 aromatic carbocycles. The molecule has 0 radical (unpaired) electrons. The molecule has 1 N–H and O–H groups in total.